The molecule has 11 nitrogen and oxygen atoms in total. The number of aromatic carboxylic acids is 1. The van der Waals surface area contributed by atoms with E-state index in [9.17, 15) is 24.3 Å². The number of carbonyl (C=O) groups is 4. The molecule has 1 heterocycles. The summed E-state index contributed by atoms with van der Waals surface area (Å²) in [7, 11) is 6.29. The van der Waals surface area contributed by atoms with Crippen LogP contribution in [0.2, 0.25) is 0 Å². The second-order valence-electron chi connectivity index (χ2n) is 12.5. The third kappa shape index (κ3) is 10.7. The number of amides is 2. The van der Waals surface area contributed by atoms with E-state index in [1.807, 2.05) is 34.6 Å². The fourth-order valence-corrected chi connectivity index (χ4v) is 7.30. The molecule has 0 spiro atoms. The Kier molecular flexibility index (Phi) is 14.3. The van der Waals surface area contributed by atoms with Crippen LogP contribution in [0, 0.1) is 17.8 Å². The molecule has 0 aliphatic rings. The van der Waals surface area contributed by atoms with Crippen LogP contribution in [0.1, 0.15) is 71.7 Å². The molecule has 45 heavy (non-hydrogen) atoms. The Morgan fingerprint density at radius 3 is 2.40 bits per heavy atom. The first kappa shape index (κ1) is 38.0. The number of hydrogen-bond donors (Lipinski definition) is 3. The number of likely N-dealkylation sites (N-methyl/N-ethyl adjacent to an activating group) is 2. The number of H-pyrrole nitrogens is 1. The van der Waals surface area contributed by atoms with Gasteiger partial charge in [0.1, 0.15) is 12.9 Å². The molecule has 2 aromatic rings. The summed E-state index contributed by atoms with van der Waals surface area (Å²) in [5, 5.41) is 13.0. The highest BCUT2D eigenvalue weighted by Crippen LogP contribution is 2.40. The van der Waals surface area contributed by atoms with E-state index in [1.165, 1.54) is 32.6 Å². The summed E-state index contributed by atoms with van der Waals surface area (Å²) in [6.07, 6.45) is 1.66. The van der Waals surface area contributed by atoms with Gasteiger partial charge in [-0.25, -0.2) is 14.6 Å². The van der Waals surface area contributed by atoms with Crippen LogP contribution in [0.15, 0.2) is 35.6 Å². The number of rotatable bonds is 18. The van der Waals surface area contributed by atoms with Crippen LogP contribution in [-0.4, -0.2) is 93.2 Å². The fraction of sp³-hybridized carbons (Fsp3) is 0.594. The Morgan fingerprint density at radius 2 is 1.82 bits per heavy atom. The van der Waals surface area contributed by atoms with E-state index in [0.717, 1.165) is 12.7 Å². The maximum atomic E-state index is 13.2. The first-order valence-corrected chi connectivity index (χ1v) is 17.3. The number of carboxylic acids is 1. The number of aldehydes is 1. The first-order valence-electron chi connectivity index (χ1n) is 15.1. The maximum Gasteiger partial charge on any atom is 0.410 e. The average molecular weight is 664 g/mol. The first-order chi connectivity index (χ1) is 21.0. The van der Waals surface area contributed by atoms with E-state index in [0.29, 0.717) is 28.3 Å². The molecule has 0 saturated carbocycles. The molecular weight excluding hydrogens is 615 g/mol. The van der Waals surface area contributed by atoms with E-state index in [-0.39, 0.29) is 48.4 Å². The van der Waals surface area contributed by atoms with Crippen molar-refractivity contribution in [2.45, 2.75) is 83.3 Å². The number of aromatic amines is 1. The normalized spacial score (nSPS) is 14.4. The molecule has 1 aromatic heterocycles. The van der Waals surface area contributed by atoms with Gasteiger partial charge >= 0.3 is 12.1 Å². The zero-order valence-electron chi connectivity index (χ0n) is 27.9. The molecule has 0 bridgehead atoms. The lowest BCUT2D eigenvalue weighted by Gasteiger charge is -2.37. The Bertz CT molecular complexity index is 1350. The van der Waals surface area contributed by atoms with Crippen LogP contribution in [0.25, 0.3) is 11.0 Å². The summed E-state index contributed by atoms with van der Waals surface area (Å²) in [6.45, 7) is 18.3. The number of imidazole rings is 1. The van der Waals surface area contributed by atoms with E-state index in [1.54, 1.807) is 31.1 Å². The van der Waals surface area contributed by atoms with Crippen molar-refractivity contribution in [3.63, 3.8) is 0 Å². The number of nitrogens with zero attached hydrogens (tertiary/aromatic N) is 3. The SMILES string of the molecule is C=C(NCC(=O)N(C)C(C(C)CC)C(C)CC=O)C(C(C)C)N(C)C(=O)OCC(C)(C)SSc1nc2ccc(C(=O)O)cc2[nH]1. The molecule has 2 rings (SSSR count). The largest absolute Gasteiger partial charge is 0.478 e. The number of hydrogen-bond acceptors (Lipinski definition) is 9. The minimum absolute atomic E-state index is 0.0106. The molecule has 4 unspecified atom stereocenters. The number of benzene rings is 1. The van der Waals surface area contributed by atoms with Crippen molar-refractivity contribution in [1.29, 1.82) is 0 Å². The Balaban J connectivity index is 1.96. The van der Waals surface area contributed by atoms with E-state index >= 15 is 0 Å². The van der Waals surface area contributed by atoms with E-state index < -0.39 is 22.9 Å². The standard InChI is InChI=1S/C32H49N5O6S2/c1-11-20(4)28(21(5)14-15-38)36(9)26(39)17-33-22(6)27(19(2)3)37(10)31(42)43-18-32(7,8)45-44-30-34-24-13-12-23(29(40)41)16-25(24)35-30/h12-13,15-16,19-21,27-28,33H,6,11,14,17-18H2,1-5,7-10H3,(H,34,35)(H,40,41). The Morgan fingerprint density at radius 1 is 1.16 bits per heavy atom. The van der Waals surface area contributed by atoms with Crippen molar-refractivity contribution in [2.24, 2.45) is 17.8 Å². The predicted molar refractivity (Wildman–Crippen MR) is 181 cm³/mol. The lowest BCUT2D eigenvalue weighted by molar-refractivity contribution is -0.133. The van der Waals surface area contributed by atoms with Crippen molar-refractivity contribution in [3.05, 3.63) is 36.0 Å². The van der Waals surface area contributed by atoms with Crippen LogP contribution < -0.4 is 5.32 Å². The van der Waals surface area contributed by atoms with Gasteiger partial charge in [0.2, 0.25) is 5.91 Å². The molecule has 1 aromatic carbocycles. The topological polar surface area (TPSA) is 145 Å². The molecule has 250 valence electrons. The number of fused-ring (bicyclic) bond motifs is 1. The quantitative estimate of drug-likeness (QED) is 0.127. The van der Waals surface area contributed by atoms with Gasteiger partial charge in [0.15, 0.2) is 5.16 Å². The molecule has 0 fully saturated rings. The van der Waals surface area contributed by atoms with Gasteiger partial charge in [-0.3, -0.25) is 4.79 Å². The predicted octanol–water partition coefficient (Wildman–Crippen LogP) is 6.07. The zero-order chi connectivity index (χ0) is 34.1. The van der Waals surface area contributed by atoms with Gasteiger partial charge in [-0.05, 0) is 60.6 Å². The minimum atomic E-state index is -1.00. The average Bonchev–Trinajstić information content (AvgIpc) is 3.40. The lowest BCUT2D eigenvalue weighted by Crippen LogP contribution is -2.50. The molecular formula is C32H49N5O6S2. The highest BCUT2D eigenvalue weighted by atomic mass is 33.1. The Labute approximate surface area is 274 Å². The number of nitrogens with one attached hydrogen (secondary N) is 2. The summed E-state index contributed by atoms with van der Waals surface area (Å²) in [5.74, 6) is -0.868. The molecule has 0 aliphatic heterocycles. The van der Waals surface area contributed by atoms with Crippen LogP contribution >= 0.6 is 21.6 Å². The smallest absolute Gasteiger partial charge is 0.410 e. The zero-order valence-corrected chi connectivity index (χ0v) is 29.5. The highest BCUT2D eigenvalue weighted by molar-refractivity contribution is 8.77. The van der Waals surface area contributed by atoms with Crippen molar-refractivity contribution in [2.75, 3.05) is 27.2 Å². The summed E-state index contributed by atoms with van der Waals surface area (Å²) in [6, 6.07) is 4.22. The van der Waals surface area contributed by atoms with Gasteiger partial charge < -0.3 is 34.7 Å². The summed E-state index contributed by atoms with van der Waals surface area (Å²) in [4.78, 5) is 59.6. The van der Waals surface area contributed by atoms with Gasteiger partial charge in [0.05, 0.1) is 33.9 Å². The molecule has 0 radical (unpaired) electrons. The highest BCUT2D eigenvalue weighted by Gasteiger charge is 2.32. The molecule has 3 N–H and O–H groups in total. The lowest BCUT2D eigenvalue weighted by atomic mass is 9.86. The van der Waals surface area contributed by atoms with Crippen molar-refractivity contribution >= 4 is 56.9 Å². The molecule has 0 aliphatic carbocycles. The second-order valence-corrected chi connectivity index (χ2v) is 15.3. The van der Waals surface area contributed by atoms with E-state index in [4.69, 9.17) is 4.74 Å². The van der Waals surface area contributed by atoms with Crippen molar-refractivity contribution in [1.82, 2.24) is 25.1 Å². The third-order valence-electron chi connectivity index (χ3n) is 7.88. The van der Waals surface area contributed by atoms with Crippen LogP contribution in [0.5, 0.6) is 0 Å². The van der Waals surface area contributed by atoms with Crippen molar-refractivity contribution < 1.29 is 29.0 Å². The molecule has 2 amide bonds. The van der Waals surface area contributed by atoms with Crippen LogP contribution in [-0.2, 0) is 14.3 Å². The number of carbonyl (C=O) groups excluding carboxylic acids is 3. The third-order valence-corrected chi connectivity index (χ3v) is 11.0. The molecule has 0 saturated heterocycles. The van der Waals surface area contributed by atoms with Gasteiger partial charge in [-0.2, -0.15) is 0 Å². The number of carboxylic acid groups (broad SMARTS) is 1. The molecule has 4 atom stereocenters. The second kappa shape index (κ2) is 16.9. The minimum Gasteiger partial charge on any atom is -0.478 e. The Hall–Kier alpha value is -3.19. The van der Waals surface area contributed by atoms with Gasteiger partial charge in [0.25, 0.3) is 0 Å². The maximum absolute atomic E-state index is 13.2. The van der Waals surface area contributed by atoms with Crippen molar-refractivity contribution in [3.8, 4) is 0 Å². The summed E-state index contributed by atoms with van der Waals surface area (Å²) < 4.78 is 5.23. The monoisotopic (exact) mass is 663 g/mol. The summed E-state index contributed by atoms with van der Waals surface area (Å²) >= 11 is 0. The fourth-order valence-electron chi connectivity index (χ4n) is 5.31. The van der Waals surface area contributed by atoms with Gasteiger partial charge in [0, 0.05) is 32.3 Å². The number of ether oxygens (including phenoxy) is 1. The van der Waals surface area contributed by atoms with Gasteiger partial charge in [-0.1, -0.05) is 58.4 Å². The number of aromatic nitrogens is 2. The molecule has 13 heteroatoms. The van der Waals surface area contributed by atoms with Crippen LogP contribution in [0.4, 0.5) is 4.79 Å². The summed E-state index contributed by atoms with van der Waals surface area (Å²) in [5.41, 5.74) is 2.01. The van der Waals surface area contributed by atoms with Crippen LogP contribution in [0.3, 0.4) is 0 Å². The van der Waals surface area contributed by atoms with E-state index in [2.05, 4.69) is 35.7 Å². The van der Waals surface area contributed by atoms with Gasteiger partial charge in [-0.15, -0.1) is 0 Å².